The molecule has 32 heavy (non-hydrogen) atoms. The zero-order valence-corrected chi connectivity index (χ0v) is 19.5. The van der Waals surface area contributed by atoms with E-state index in [0.717, 1.165) is 12.8 Å². The van der Waals surface area contributed by atoms with Crippen LogP contribution < -0.4 is 0 Å². The molecule has 1 unspecified atom stereocenters. The molecular formula is C25H23BrN2O4. The van der Waals surface area contributed by atoms with E-state index >= 15 is 0 Å². The second kappa shape index (κ2) is 8.82. The molecule has 1 heterocycles. The van der Waals surface area contributed by atoms with Crippen LogP contribution in [0.3, 0.4) is 0 Å². The molecule has 0 fully saturated rings. The molecule has 3 aromatic rings. The van der Waals surface area contributed by atoms with E-state index in [2.05, 4.69) is 20.9 Å². The summed E-state index contributed by atoms with van der Waals surface area (Å²) in [7, 11) is 0. The lowest BCUT2D eigenvalue weighted by atomic mass is 9.97. The summed E-state index contributed by atoms with van der Waals surface area (Å²) in [5.74, 6) is -2.50. The Bertz CT molecular complexity index is 1250. The van der Waals surface area contributed by atoms with Gasteiger partial charge >= 0.3 is 0 Å². The minimum absolute atomic E-state index is 0.0215. The molecule has 0 saturated heterocycles. The van der Waals surface area contributed by atoms with Crippen LogP contribution in [0.25, 0.3) is 10.9 Å². The molecule has 0 saturated carbocycles. The Kier molecular flexibility index (Phi) is 6.11. The Morgan fingerprint density at radius 1 is 1.03 bits per heavy atom. The number of para-hydroxylation sites is 1. The Labute approximate surface area is 194 Å². The summed E-state index contributed by atoms with van der Waals surface area (Å²) < 4.78 is 0.389. The van der Waals surface area contributed by atoms with Crippen LogP contribution in [0.15, 0.2) is 46.9 Å². The van der Waals surface area contributed by atoms with Crippen molar-refractivity contribution in [1.29, 1.82) is 0 Å². The van der Waals surface area contributed by atoms with Crippen LogP contribution in [0, 0.1) is 0 Å². The molecular weight excluding hydrogens is 472 g/mol. The Morgan fingerprint density at radius 2 is 1.69 bits per heavy atom. The van der Waals surface area contributed by atoms with Crippen LogP contribution in [0.4, 0.5) is 0 Å². The van der Waals surface area contributed by atoms with Crippen LogP contribution in [0.5, 0.6) is 5.75 Å². The van der Waals surface area contributed by atoms with Crippen molar-refractivity contribution in [3.63, 3.8) is 0 Å². The molecule has 1 aliphatic rings. The first-order chi connectivity index (χ1) is 15.4. The quantitative estimate of drug-likeness (QED) is 0.480. The number of Topliss-reactive ketones (excluding diaryl/α,β-unsaturated/α-hetero) is 2. The van der Waals surface area contributed by atoms with Crippen molar-refractivity contribution < 1.29 is 19.5 Å². The number of pyridine rings is 1. The van der Waals surface area contributed by atoms with E-state index in [9.17, 15) is 19.5 Å². The first-order valence-electron chi connectivity index (χ1n) is 10.7. The highest BCUT2D eigenvalue weighted by Gasteiger charge is 2.43. The number of carbonyl (C=O) groups excluding carboxylic acids is 3. The first-order valence-corrected chi connectivity index (χ1v) is 11.5. The predicted molar refractivity (Wildman–Crippen MR) is 125 cm³/mol. The molecule has 1 N–H and O–H groups in total. The molecule has 1 atom stereocenters. The second-order valence-corrected chi connectivity index (χ2v) is 8.68. The number of nitrogens with zero attached hydrogens (tertiary/aromatic N) is 2. The number of benzene rings is 2. The summed E-state index contributed by atoms with van der Waals surface area (Å²) in [5.41, 5.74) is 1.41. The third-order valence-corrected chi connectivity index (χ3v) is 6.50. The molecule has 1 amide bonds. The van der Waals surface area contributed by atoms with Crippen molar-refractivity contribution in [1.82, 2.24) is 9.88 Å². The van der Waals surface area contributed by atoms with Crippen LogP contribution in [-0.4, -0.2) is 45.6 Å². The van der Waals surface area contributed by atoms with Crippen LogP contribution in [0.1, 0.15) is 69.4 Å². The van der Waals surface area contributed by atoms with Gasteiger partial charge in [0.05, 0.1) is 9.99 Å². The summed E-state index contributed by atoms with van der Waals surface area (Å²) in [6.07, 6.45) is 1.66. The fourth-order valence-electron chi connectivity index (χ4n) is 4.19. The molecule has 0 aliphatic heterocycles. The largest absolute Gasteiger partial charge is 0.505 e. The van der Waals surface area contributed by atoms with Crippen molar-refractivity contribution in [3.05, 3.63) is 69.3 Å². The summed E-state index contributed by atoms with van der Waals surface area (Å²) >= 11 is 3.37. The van der Waals surface area contributed by atoms with Crippen molar-refractivity contribution in [2.24, 2.45) is 0 Å². The summed E-state index contributed by atoms with van der Waals surface area (Å²) in [6, 6.07) is 11.8. The standard InChI is InChI=1S/C25H23BrN2O4/c1-3-11-28(12-4-2)25(32)14-9-10-15-17(13-14)23(30)19(22(15)29)21-24(31)20(26)16-7-5-6-8-18(16)27-21/h5-10,13,19,31H,3-4,11-12H2,1-2H3. The van der Waals surface area contributed by atoms with Gasteiger partial charge in [-0.3, -0.25) is 14.4 Å². The average Bonchev–Trinajstić information content (AvgIpc) is 3.05. The number of carbonyl (C=O) groups is 3. The van der Waals surface area contributed by atoms with Crippen LogP contribution >= 0.6 is 15.9 Å². The van der Waals surface area contributed by atoms with Gasteiger partial charge in [0.1, 0.15) is 11.6 Å². The molecule has 6 nitrogen and oxygen atoms in total. The molecule has 0 spiro atoms. The van der Waals surface area contributed by atoms with E-state index in [1.165, 1.54) is 12.1 Å². The summed E-state index contributed by atoms with van der Waals surface area (Å²) in [6.45, 7) is 5.27. The smallest absolute Gasteiger partial charge is 0.253 e. The molecule has 1 aliphatic carbocycles. The van der Waals surface area contributed by atoms with Crippen LogP contribution in [-0.2, 0) is 0 Å². The molecule has 0 radical (unpaired) electrons. The van der Waals surface area contributed by atoms with E-state index < -0.39 is 17.5 Å². The lowest BCUT2D eigenvalue weighted by Gasteiger charge is -2.21. The van der Waals surface area contributed by atoms with Gasteiger partial charge in [0.25, 0.3) is 5.91 Å². The predicted octanol–water partition coefficient (Wildman–Crippen LogP) is 5.13. The maximum Gasteiger partial charge on any atom is 0.253 e. The molecule has 1 aromatic heterocycles. The fourth-order valence-corrected chi connectivity index (χ4v) is 4.73. The average molecular weight is 495 g/mol. The molecule has 4 rings (SSSR count). The van der Waals surface area contributed by atoms with Crippen molar-refractivity contribution >= 4 is 44.3 Å². The maximum atomic E-state index is 13.3. The van der Waals surface area contributed by atoms with Gasteiger partial charge < -0.3 is 10.0 Å². The molecule has 164 valence electrons. The highest BCUT2D eigenvalue weighted by atomic mass is 79.9. The molecule has 2 aromatic carbocycles. The van der Waals surface area contributed by atoms with Crippen molar-refractivity contribution in [3.8, 4) is 5.75 Å². The molecule has 7 heteroatoms. The highest BCUT2D eigenvalue weighted by Crippen LogP contribution is 2.42. The van der Waals surface area contributed by atoms with Crippen molar-refractivity contribution in [2.75, 3.05) is 13.1 Å². The van der Waals surface area contributed by atoms with E-state index in [1.807, 2.05) is 19.9 Å². The lowest BCUT2D eigenvalue weighted by molar-refractivity contribution is 0.0755. The minimum Gasteiger partial charge on any atom is -0.505 e. The first kappa shape index (κ1) is 22.1. The van der Waals surface area contributed by atoms with E-state index in [1.54, 1.807) is 29.2 Å². The van der Waals surface area contributed by atoms with Gasteiger partial charge in [-0.2, -0.15) is 0 Å². The Morgan fingerprint density at radius 3 is 2.38 bits per heavy atom. The number of aromatic nitrogens is 1. The lowest BCUT2D eigenvalue weighted by Crippen LogP contribution is -2.32. The van der Waals surface area contributed by atoms with Gasteiger partial charge in [-0.1, -0.05) is 32.0 Å². The van der Waals surface area contributed by atoms with Gasteiger partial charge in [0, 0.05) is 35.2 Å². The maximum absolute atomic E-state index is 13.3. The number of aromatic hydroxyl groups is 1. The number of halogens is 1. The van der Waals surface area contributed by atoms with Gasteiger partial charge in [-0.05, 0) is 53.0 Å². The number of amides is 1. The summed E-state index contributed by atoms with van der Waals surface area (Å²) in [4.78, 5) is 45.6. The topological polar surface area (TPSA) is 87.6 Å². The van der Waals surface area contributed by atoms with Gasteiger partial charge in [-0.25, -0.2) is 4.98 Å². The second-order valence-electron chi connectivity index (χ2n) is 7.89. The zero-order valence-electron chi connectivity index (χ0n) is 17.9. The third-order valence-electron chi connectivity index (χ3n) is 5.70. The number of ketones is 2. The monoisotopic (exact) mass is 494 g/mol. The van der Waals surface area contributed by atoms with E-state index in [-0.39, 0.29) is 28.5 Å². The van der Waals surface area contributed by atoms with Crippen LogP contribution in [0.2, 0.25) is 0 Å². The number of rotatable bonds is 6. The van der Waals surface area contributed by atoms with Gasteiger partial charge in [0.2, 0.25) is 0 Å². The Balaban J connectivity index is 1.75. The third kappa shape index (κ3) is 3.60. The summed E-state index contributed by atoms with van der Waals surface area (Å²) in [5, 5.41) is 11.4. The fraction of sp³-hybridized carbons (Fsp3) is 0.280. The normalized spacial score (nSPS) is 15.3. The number of fused-ring (bicyclic) bond motifs is 2. The van der Waals surface area contributed by atoms with Crippen molar-refractivity contribution in [2.45, 2.75) is 32.6 Å². The Hall–Kier alpha value is -3.06. The van der Waals surface area contributed by atoms with Gasteiger partial charge in [0.15, 0.2) is 17.3 Å². The SMILES string of the molecule is CCCN(CCC)C(=O)c1ccc2c(c1)C(=O)C(c1nc3ccccc3c(Br)c1O)C2=O. The number of hydrogen-bond acceptors (Lipinski definition) is 5. The number of hydrogen-bond donors (Lipinski definition) is 1. The van der Waals surface area contributed by atoms with E-state index in [0.29, 0.717) is 34.0 Å². The van der Waals surface area contributed by atoms with E-state index in [4.69, 9.17) is 0 Å². The molecule has 0 bridgehead atoms. The van der Waals surface area contributed by atoms with Gasteiger partial charge in [-0.15, -0.1) is 0 Å². The highest BCUT2D eigenvalue weighted by molar-refractivity contribution is 9.10. The zero-order chi connectivity index (χ0) is 23.0. The minimum atomic E-state index is -1.24.